The van der Waals surface area contributed by atoms with Gasteiger partial charge in [0.25, 0.3) is 0 Å². The van der Waals surface area contributed by atoms with Crippen molar-refractivity contribution in [1.29, 1.82) is 0 Å². The van der Waals surface area contributed by atoms with Gasteiger partial charge < -0.3 is 4.74 Å². The van der Waals surface area contributed by atoms with Gasteiger partial charge in [-0.15, -0.1) is 13.2 Å². The Bertz CT molecular complexity index is 587. The van der Waals surface area contributed by atoms with E-state index in [9.17, 15) is 13.2 Å². The minimum absolute atomic E-state index is 0.00558. The van der Waals surface area contributed by atoms with E-state index < -0.39 is 12.1 Å². The Morgan fingerprint density at radius 2 is 1.53 bits per heavy atom. The van der Waals surface area contributed by atoms with Crippen LogP contribution < -0.4 is 4.74 Å². The summed E-state index contributed by atoms with van der Waals surface area (Å²) < 4.78 is 40.7. The average molecular weight is 310 g/mol. The number of alkyl halides is 3. The summed E-state index contributed by atoms with van der Waals surface area (Å²) in [5.41, 5.74) is 0.00558. The van der Waals surface area contributed by atoms with Gasteiger partial charge in [0, 0.05) is 0 Å². The molecule has 19 heavy (non-hydrogen) atoms. The van der Waals surface area contributed by atoms with E-state index in [1.807, 2.05) is 0 Å². The summed E-state index contributed by atoms with van der Waals surface area (Å²) in [6.07, 6.45) is -4.82. The van der Waals surface area contributed by atoms with Crippen molar-refractivity contribution in [2.45, 2.75) is 6.36 Å². The number of rotatable bonds is 2. The normalized spacial score (nSPS) is 11.4. The lowest BCUT2D eigenvalue weighted by atomic mass is 10.2. The highest BCUT2D eigenvalue weighted by Crippen LogP contribution is 2.32. The summed E-state index contributed by atoms with van der Waals surface area (Å²) in [5.74, 6) is -0.557. The zero-order valence-electron chi connectivity index (χ0n) is 8.95. The summed E-state index contributed by atoms with van der Waals surface area (Å²) in [4.78, 5) is 10.9. The highest BCUT2D eigenvalue weighted by molar-refractivity contribution is 6.31. The quantitative estimate of drug-likeness (QED) is 0.847. The Kier molecular flexibility index (Phi) is 3.77. The van der Waals surface area contributed by atoms with Crippen molar-refractivity contribution in [1.82, 2.24) is 15.0 Å². The molecule has 0 N–H and O–H groups in total. The van der Waals surface area contributed by atoms with Gasteiger partial charge in [0.1, 0.15) is 5.75 Å². The number of nitrogens with zero attached hydrogens (tertiary/aromatic N) is 3. The van der Waals surface area contributed by atoms with Crippen LogP contribution >= 0.6 is 23.2 Å². The molecule has 1 aromatic heterocycles. The number of hydrogen-bond donors (Lipinski definition) is 0. The van der Waals surface area contributed by atoms with Crippen molar-refractivity contribution >= 4 is 23.2 Å². The first-order valence-electron chi connectivity index (χ1n) is 4.77. The van der Waals surface area contributed by atoms with Crippen molar-refractivity contribution in [2.24, 2.45) is 0 Å². The molecule has 0 aliphatic heterocycles. The molecule has 4 nitrogen and oxygen atoms in total. The second-order valence-corrected chi connectivity index (χ2v) is 3.92. The lowest BCUT2D eigenvalue weighted by Crippen LogP contribution is -2.17. The first-order valence-corrected chi connectivity index (χ1v) is 5.53. The first-order chi connectivity index (χ1) is 8.85. The Labute approximate surface area is 115 Å². The largest absolute Gasteiger partial charge is 0.573 e. The molecular weight excluding hydrogens is 306 g/mol. The van der Waals surface area contributed by atoms with E-state index in [-0.39, 0.29) is 22.0 Å². The maximum atomic E-state index is 12.3. The summed E-state index contributed by atoms with van der Waals surface area (Å²) in [6.45, 7) is 0. The molecule has 0 saturated heterocycles. The third kappa shape index (κ3) is 3.68. The van der Waals surface area contributed by atoms with Gasteiger partial charge in [0.15, 0.2) is 5.82 Å². The van der Waals surface area contributed by atoms with Gasteiger partial charge >= 0.3 is 6.36 Å². The lowest BCUT2D eigenvalue weighted by molar-refractivity contribution is -0.274. The molecule has 0 bridgehead atoms. The molecule has 0 fully saturated rings. The Balaban J connectivity index is 2.50. The van der Waals surface area contributed by atoms with E-state index in [4.69, 9.17) is 23.2 Å². The molecular formula is C10H4Cl2F3N3O. The van der Waals surface area contributed by atoms with Gasteiger partial charge in [0.05, 0.1) is 5.56 Å². The van der Waals surface area contributed by atoms with Gasteiger partial charge in [-0.05, 0) is 35.3 Å². The number of aromatic nitrogens is 3. The molecule has 0 radical (unpaired) electrons. The first kappa shape index (κ1) is 13.8. The number of halogens is 5. The fourth-order valence-corrected chi connectivity index (χ4v) is 1.67. The fraction of sp³-hybridized carbons (Fsp3) is 0.100. The van der Waals surface area contributed by atoms with E-state index in [0.29, 0.717) is 0 Å². The van der Waals surface area contributed by atoms with Gasteiger partial charge in [-0.2, -0.15) is 15.0 Å². The molecule has 0 atom stereocenters. The number of hydrogen-bond acceptors (Lipinski definition) is 4. The van der Waals surface area contributed by atoms with Crippen LogP contribution in [0.1, 0.15) is 0 Å². The van der Waals surface area contributed by atoms with Crippen LogP contribution in [0.5, 0.6) is 5.75 Å². The zero-order chi connectivity index (χ0) is 14.0. The van der Waals surface area contributed by atoms with Gasteiger partial charge in [-0.1, -0.05) is 12.1 Å². The van der Waals surface area contributed by atoms with Crippen molar-refractivity contribution in [3.8, 4) is 17.1 Å². The predicted octanol–water partition coefficient (Wildman–Crippen LogP) is 3.74. The lowest BCUT2D eigenvalue weighted by Gasteiger charge is -2.12. The summed E-state index contributed by atoms with van der Waals surface area (Å²) in [7, 11) is 0. The maximum Gasteiger partial charge on any atom is 0.573 e. The third-order valence-electron chi connectivity index (χ3n) is 1.93. The van der Waals surface area contributed by atoms with E-state index in [0.717, 1.165) is 6.07 Å². The highest BCUT2D eigenvalue weighted by atomic mass is 35.5. The van der Waals surface area contributed by atoms with E-state index in [1.54, 1.807) is 0 Å². The van der Waals surface area contributed by atoms with Crippen LogP contribution in [-0.2, 0) is 0 Å². The van der Waals surface area contributed by atoms with Crippen LogP contribution in [0.4, 0.5) is 13.2 Å². The molecule has 0 unspecified atom stereocenters. The molecule has 100 valence electrons. The van der Waals surface area contributed by atoms with E-state index in [2.05, 4.69) is 19.7 Å². The molecule has 0 amide bonds. The summed E-state index contributed by atoms with van der Waals surface area (Å²) >= 11 is 11.2. The number of para-hydroxylation sites is 1. The molecule has 0 saturated carbocycles. The molecule has 1 heterocycles. The summed E-state index contributed by atoms with van der Waals surface area (Å²) in [6, 6.07) is 5.37. The minimum Gasteiger partial charge on any atom is -0.405 e. The van der Waals surface area contributed by atoms with Crippen molar-refractivity contribution in [2.75, 3.05) is 0 Å². The highest BCUT2D eigenvalue weighted by Gasteiger charge is 2.32. The zero-order valence-corrected chi connectivity index (χ0v) is 10.5. The van der Waals surface area contributed by atoms with Crippen LogP contribution in [0.2, 0.25) is 10.6 Å². The monoisotopic (exact) mass is 309 g/mol. The molecule has 0 aliphatic rings. The number of ether oxygens (including phenoxy) is 1. The molecule has 1 aromatic carbocycles. The standard InChI is InChI=1S/C10H4Cl2F3N3O/c11-8-16-7(17-9(12)18-8)5-3-1-2-4-6(5)19-10(13,14)15/h1-4H. The van der Waals surface area contributed by atoms with Gasteiger partial charge in [0.2, 0.25) is 10.6 Å². The SMILES string of the molecule is FC(F)(F)Oc1ccccc1-c1nc(Cl)nc(Cl)n1. The van der Waals surface area contributed by atoms with Gasteiger partial charge in [-0.3, -0.25) is 0 Å². The maximum absolute atomic E-state index is 12.3. The van der Waals surface area contributed by atoms with Crippen LogP contribution in [0, 0.1) is 0 Å². The minimum atomic E-state index is -4.82. The second kappa shape index (κ2) is 5.18. The molecule has 0 spiro atoms. The molecule has 9 heteroatoms. The van der Waals surface area contributed by atoms with Crippen molar-refractivity contribution < 1.29 is 17.9 Å². The third-order valence-corrected chi connectivity index (χ3v) is 2.27. The van der Waals surface area contributed by atoms with Crippen LogP contribution in [-0.4, -0.2) is 21.3 Å². The van der Waals surface area contributed by atoms with Crippen LogP contribution in [0.25, 0.3) is 11.4 Å². The Morgan fingerprint density at radius 3 is 2.11 bits per heavy atom. The molecule has 2 rings (SSSR count). The fourth-order valence-electron chi connectivity index (χ4n) is 1.31. The van der Waals surface area contributed by atoms with E-state index >= 15 is 0 Å². The van der Waals surface area contributed by atoms with Crippen molar-refractivity contribution in [3.63, 3.8) is 0 Å². The Morgan fingerprint density at radius 1 is 0.947 bits per heavy atom. The average Bonchev–Trinajstić information content (AvgIpc) is 2.26. The smallest absolute Gasteiger partial charge is 0.405 e. The Hall–Kier alpha value is -1.60. The predicted molar refractivity (Wildman–Crippen MR) is 62.0 cm³/mol. The van der Waals surface area contributed by atoms with Gasteiger partial charge in [-0.25, -0.2) is 0 Å². The topological polar surface area (TPSA) is 47.9 Å². The van der Waals surface area contributed by atoms with Crippen LogP contribution in [0.15, 0.2) is 24.3 Å². The van der Waals surface area contributed by atoms with E-state index in [1.165, 1.54) is 18.2 Å². The van der Waals surface area contributed by atoms with Crippen LogP contribution in [0.3, 0.4) is 0 Å². The molecule has 0 aliphatic carbocycles. The second-order valence-electron chi connectivity index (χ2n) is 3.24. The van der Waals surface area contributed by atoms with Crippen molar-refractivity contribution in [3.05, 3.63) is 34.8 Å². The summed E-state index contributed by atoms with van der Waals surface area (Å²) in [5, 5.41) is -0.450. The number of benzene rings is 1. The molecule has 2 aromatic rings.